The first-order chi connectivity index (χ1) is 9.76. The van der Waals surface area contributed by atoms with Crippen molar-refractivity contribution in [1.82, 2.24) is 4.90 Å². The summed E-state index contributed by atoms with van der Waals surface area (Å²) in [6.45, 7) is -0.194. The molecule has 1 heterocycles. The highest BCUT2D eigenvalue weighted by molar-refractivity contribution is 8.26. The number of nitrogens with zero attached hydrogens (tertiary/aromatic N) is 1. The van der Waals surface area contributed by atoms with Gasteiger partial charge in [0.1, 0.15) is 10.1 Å². The molecule has 0 radical (unpaired) electrons. The lowest BCUT2D eigenvalue weighted by Crippen LogP contribution is -2.32. The van der Waals surface area contributed by atoms with Crippen molar-refractivity contribution in [3.05, 3.63) is 34.7 Å². The molecule has 0 aliphatic carbocycles. The van der Waals surface area contributed by atoms with Crippen molar-refractivity contribution < 1.29 is 22.9 Å². The minimum Gasteiger partial charge on any atom is -0.508 e. The molecule has 0 saturated carbocycles. The van der Waals surface area contributed by atoms with Gasteiger partial charge in [-0.3, -0.25) is 14.2 Å². The molecule has 112 valence electrons. The number of carbonyl (C=O) groups excluding carboxylic acids is 1. The van der Waals surface area contributed by atoms with Crippen molar-refractivity contribution in [1.29, 1.82) is 0 Å². The van der Waals surface area contributed by atoms with Crippen LogP contribution in [0.5, 0.6) is 5.75 Å². The van der Waals surface area contributed by atoms with Crippen molar-refractivity contribution in [2.75, 3.05) is 12.3 Å². The second-order valence-corrected chi connectivity index (χ2v) is 7.46. The Kier molecular flexibility index (Phi) is 4.67. The Balaban J connectivity index is 2.18. The summed E-state index contributed by atoms with van der Waals surface area (Å²) in [7, 11) is -4.16. The average molecular weight is 345 g/mol. The van der Waals surface area contributed by atoms with Crippen LogP contribution >= 0.6 is 24.0 Å². The molecular formula is C12H11NO5S3. The fourth-order valence-electron chi connectivity index (χ4n) is 1.67. The molecule has 6 nitrogen and oxygen atoms in total. The van der Waals surface area contributed by atoms with E-state index < -0.39 is 21.8 Å². The van der Waals surface area contributed by atoms with Crippen LogP contribution in [0, 0.1) is 0 Å². The monoisotopic (exact) mass is 345 g/mol. The first kappa shape index (κ1) is 16.0. The molecule has 1 aromatic rings. The van der Waals surface area contributed by atoms with Crippen molar-refractivity contribution in [2.24, 2.45) is 0 Å². The van der Waals surface area contributed by atoms with Crippen LogP contribution < -0.4 is 0 Å². The van der Waals surface area contributed by atoms with E-state index in [0.29, 0.717) is 10.5 Å². The van der Waals surface area contributed by atoms with Gasteiger partial charge in [0.25, 0.3) is 16.0 Å². The maximum absolute atomic E-state index is 12.1. The highest BCUT2D eigenvalue weighted by atomic mass is 32.2. The molecule has 1 aliphatic heterocycles. The zero-order valence-electron chi connectivity index (χ0n) is 10.6. The number of rotatable bonds is 4. The number of carbonyl (C=O) groups is 1. The number of phenolic OH excluding ortho intramolecular Hbond substituents is 1. The largest absolute Gasteiger partial charge is 0.508 e. The standard InChI is InChI=1S/C12H11NO5S3/c14-9-3-1-2-8(6-9)7-10-11(15)13(12(19)20-10)4-5-21(16,17)18/h1-3,6-7,14H,4-5H2,(H,16,17,18). The van der Waals surface area contributed by atoms with Gasteiger partial charge in [0.05, 0.1) is 10.7 Å². The Morgan fingerprint density at radius 2 is 2.10 bits per heavy atom. The topological polar surface area (TPSA) is 94.9 Å². The molecule has 9 heteroatoms. The highest BCUT2D eigenvalue weighted by Gasteiger charge is 2.32. The molecule has 0 atom stereocenters. The highest BCUT2D eigenvalue weighted by Crippen LogP contribution is 2.32. The number of amides is 1. The molecule has 0 aromatic heterocycles. The molecule has 1 aromatic carbocycles. The van der Waals surface area contributed by atoms with E-state index >= 15 is 0 Å². The normalized spacial score (nSPS) is 17.8. The quantitative estimate of drug-likeness (QED) is 0.485. The molecule has 0 unspecified atom stereocenters. The first-order valence-electron chi connectivity index (χ1n) is 5.76. The second kappa shape index (κ2) is 6.14. The summed E-state index contributed by atoms with van der Waals surface area (Å²) in [5.41, 5.74) is 0.630. The van der Waals surface area contributed by atoms with Crippen molar-refractivity contribution in [3.63, 3.8) is 0 Å². The lowest BCUT2D eigenvalue weighted by atomic mass is 10.2. The van der Waals surface area contributed by atoms with E-state index in [4.69, 9.17) is 16.8 Å². The van der Waals surface area contributed by atoms with E-state index in [1.165, 1.54) is 12.1 Å². The molecule has 1 aliphatic rings. The van der Waals surface area contributed by atoms with Gasteiger partial charge in [0, 0.05) is 6.54 Å². The minimum absolute atomic E-state index is 0.0746. The maximum atomic E-state index is 12.1. The van der Waals surface area contributed by atoms with Crippen LogP contribution in [0.25, 0.3) is 6.08 Å². The Hall–Kier alpha value is -1.42. The summed E-state index contributed by atoms with van der Waals surface area (Å²) in [6.07, 6.45) is 1.56. The van der Waals surface area contributed by atoms with Crippen LogP contribution in [0.15, 0.2) is 29.2 Å². The van der Waals surface area contributed by atoms with Gasteiger partial charge in [-0.2, -0.15) is 8.42 Å². The summed E-state index contributed by atoms with van der Waals surface area (Å²) in [6, 6.07) is 6.35. The summed E-state index contributed by atoms with van der Waals surface area (Å²) in [5, 5.41) is 9.38. The van der Waals surface area contributed by atoms with Gasteiger partial charge in [-0.1, -0.05) is 36.1 Å². The molecule has 2 rings (SSSR count). The SMILES string of the molecule is O=C1C(=Cc2cccc(O)c2)SC(=S)N1CCS(=O)(=O)O. The van der Waals surface area contributed by atoms with Crippen LogP contribution in [0.1, 0.15) is 5.56 Å². The van der Waals surface area contributed by atoms with Gasteiger partial charge in [0.2, 0.25) is 0 Å². The van der Waals surface area contributed by atoms with Gasteiger partial charge in [-0.15, -0.1) is 0 Å². The minimum atomic E-state index is -4.16. The number of phenols is 1. The lowest BCUT2D eigenvalue weighted by Gasteiger charge is -2.12. The third-order valence-electron chi connectivity index (χ3n) is 2.61. The lowest BCUT2D eigenvalue weighted by molar-refractivity contribution is -0.121. The van der Waals surface area contributed by atoms with Crippen LogP contribution in [0.3, 0.4) is 0 Å². The number of thioether (sulfide) groups is 1. The molecule has 1 amide bonds. The fraction of sp³-hybridized carbons (Fsp3) is 0.167. The van der Waals surface area contributed by atoms with Crippen LogP contribution in [-0.4, -0.2) is 45.5 Å². The molecule has 1 saturated heterocycles. The summed E-state index contributed by atoms with van der Waals surface area (Å²) >= 11 is 6.07. The number of benzene rings is 1. The first-order valence-corrected chi connectivity index (χ1v) is 8.59. The molecule has 0 spiro atoms. The number of thiocarbonyl (C=S) groups is 1. The van der Waals surface area contributed by atoms with Gasteiger partial charge < -0.3 is 5.11 Å². The van der Waals surface area contributed by atoms with Crippen molar-refractivity contribution in [3.8, 4) is 5.75 Å². The van der Waals surface area contributed by atoms with E-state index in [2.05, 4.69) is 0 Å². The molecule has 0 bridgehead atoms. The van der Waals surface area contributed by atoms with Gasteiger partial charge >= 0.3 is 0 Å². The number of hydrogen-bond donors (Lipinski definition) is 2. The predicted molar refractivity (Wildman–Crippen MR) is 84.4 cm³/mol. The Labute approximate surface area is 131 Å². The van der Waals surface area contributed by atoms with E-state index in [-0.39, 0.29) is 16.6 Å². The molecule has 21 heavy (non-hydrogen) atoms. The average Bonchev–Trinajstić information content (AvgIpc) is 2.61. The van der Waals surface area contributed by atoms with Crippen molar-refractivity contribution >= 4 is 50.4 Å². The zero-order valence-corrected chi connectivity index (χ0v) is 13.0. The summed E-state index contributed by atoms with van der Waals surface area (Å²) < 4.78 is 30.4. The van der Waals surface area contributed by atoms with Crippen molar-refractivity contribution in [2.45, 2.75) is 0 Å². The Bertz CT molecular complexity index is 726. The summed E-state index contributed by atoms with van der Waals surface area (Å²) in [5.74, 6) is -0.915. The number of hydrogen-bond acceptors (Lipinski definition) is 6. The Morgan fingerprint density at radius 1 is 1.38 bits per heavy atom. The van der Waals surface area contributed by atoms with E-state index in [1.54, 1.807) is 18.2 Å². The number of aromatic hydroxyl groups is 1. The summed E-state index contributed by atoms with van der Waals surface area (Å²) in [4.78, 5) is 13.6. The van der Waals surface area contributed by atoms with E-state index in [1.807, 2.05) is 0 Å². The van der Waals surface area contributed by atoms with Crippen LogP contribution in [0.2, 0.25) is 0 Å². The van der Waals surface area contributed by atoms with Gasteiger partial charge in [-0.05, 0) is 23.8 Å². The van der Waals surface area contributed by atoms with Gasteiger partial charge in [0.15, 0.2) is 0 Å². The third-order valence-corrected chi connectivity index (χ3v) is 4.69. The fourth-order valence-corrected chi connectivity index (χ4v) is 3.39. The third kappa shape index (κ3) is 4.27. The van der Waals surface area contributed by atoms with Crippen LogP contribution in [-0.2, 0) is 14.9 Å². The smallest absolute Gasteiger partial charge is 0.266 e. The molecule has 1 fully saturated rings. The Morgan fingerprint density at radius 3 is 2.71 bits per heavy atom. The second-order valence-electron chi connectivity index (χ2n) is 4.21. The predicted octanol–water partition coefficient (Wildman–Crippen LogP) is 1.48. The van der Waals surface area contributed by atoms with Gasteiger partial charge in [-0.25, -0.2) is 0 Å². The van der Waals surface area contributed by atoms with E-state index in [0.717, 1.165) is 16.7 Å². The zero-order chi connectivity index (χ0) is 15.6. The van der Waals surface area contributed by atoms with E-state index in [9.17, 15) is 18.3 Å². The maximum Gasteiger partial charge on any atom is 0.266 e. The molecule has 2 N–H and O–H groups in total. The van der Waals surface area contributed by atoms with Crippen LogP contribution in [0.4, 0.5) is 0 Å². The molecular weight excluding hydrogens is 334 g/mol.